The van der Waals surface area contributed by atoms with Crippen LogP contribution in [-0.2, 0) is 23.8 Å². The first-order valence-corrected chi connectivity index (χ1v) is 12.9. The molecule has 1 saturated heterocycles. The van der Waals surface area contributed by atoms with Crippen LogP contribution in [-0.4, -0.2) is 90.1 Å². The summed E-state index contributed by atoms with van der Waals surface area (Å²) >= 11 is 0. The van der Waals surface area contributed by atoms with E-state index in [4.69, 9.17) is 9.47 Å². The van der Waals surface area contributed by atoms with E-state index in [1.807, 2.05) is 0 Å². The molecule has 0 bridgehead atoms. The van der Waals surface area contributed by atoms with Crippen molar-refractivity contribution in [2.45, 2.75) is 121 Å². The maximum atomic E-state index is 12.9. The van der Waals surface area contributed by atoms with E-state index in [9.17, 15) is 24.9 Å². The third-order valence-electron chi connectivity index (χ3n) is 6.43. The fourth-order valence-corrected chi connectivity index (χ4v) is 4.22. The fourth-order valence-electron chi connectivity index (χ4n) is 4.22. The Hall–Kier alpha value is -1.26. The molecule has 9 heteroatoms. The molecule has 34 heavy (non-hydrogen) atoms. The van der Waals surface area contributed by atoms with Gasteiger partial charge in [0.25, 0.3) is 0 Å². The van der Waals surface area contributed by atoms with Crippen LogP contribution in [0.4, 0.5) is 0 Å². The van der Waals surface area contributed by atoms with Crippen LogP contribution in [0.3, 0.4) is 0 Å². The molecule has 1 aliphatic rings. The molecule has 1 rings (SSSR count). The summed E-state index contributed by atoms with van der Waals surface area (Å²) in [5, 5.41) is 30.6. The highest BCUT2D eigenvalue weighted by Gasteiger charge is 2.44. The van der Waals surface area contributed by atoms with Gasteiger partial charge in [-0.15, -0.1) is 0 Å². The molecule has 0 aromatic carbocycles. The van der Waals surface area contributed by atoms with Gasteiger partial charge in [-0.05, 0) is 19.3 Å². The number of methoxy groups -OCH3 is 2. The lowest BCUT2D eigenvalue weighted by atomic mass is 9.98. The molecule has 5 atom stereocenters. The van der Waals surface area contributed by atoms with Crippen LogP contribution in [0.2, 0.25) is 0 Å². The Morgan fingerprint density at radius 3 is 1.97 bits per heavy atom. The van der Waals surface area contributed by atoms with Crippen LogP contribution in [0.1, 0.15) is 90.4 Å². The second-order valence-corrected chi connectivity index (χ2v) is 9.20. The van der Waals surface area contributed by atoms with E-state index in [1.54, 1.807) is 4.90 Å². The SMILES string of the molecule is CCCCCCCCCCCN(C[C@H]1O[C@H](OC)[C@H](O)[C@@H](O)[C@@H]1O)C(=O)CCCCC(=O)OC. The molecule has 0 aromatic heterocycles. The second-order valence-electron chi connectivity index (χ2n) is 9.20. The van der Waals surface area contributed by atoms with Crippen LogP contribution >= 0.6 is 0 Å². The molecule has 200 valence electrons. The van der Waals surface area contributed by atoms with Gasteiger partial charge in [0.1, 0.15) is 24.4 Å². The highest BCUT2D eigenvalue weighted by Crippen LogP contribution is 2.23. The largest absolute Gasteiger partial charge is 0.469 e. The minimum atomic E-state index is -1.42. The van der Waals surface area contributed by atoms with Crippen LogP contribution in [0.25, 0.3) is 0 Å². The Bertz CT molecular complexity index is 559. The maximum Gasteiger partial charge on any atom is 0.305 e. The average Bonchev–Trinajstić information content (AvgIpc) is 2.84. The summed E-state index contributed by atoms with van der Waals surface area (Å²) in [5.41, 5.74) is 0. The number of aliphatic hydroxyl groups is 3. The van der Waals surface area contributed by atoms with E-state index < -0.39 is 30.7 Å². The first-order chi connectivity index (χ1) is 16.3. The molecular formula is C25H47NO8. The number of amides is 1. The number of carbonyl (C=O) groups excluding carboxylic acids is 2. The van der Waals surface area contributed by atoms with Crippen LogP contribution in [0.15, 0.2) is 0 Å². The van der Waals surface area contributed by atoms with Crippen molar-refractivity contribution in [3.05, 3.63) is 0 Å². The third kappa shape index (κ3) is 11.4. The normalized spacial score (nSPS) is 24.7. The number of esters is 1. The van der Waals surface area contributed by atoms with Crippen molar-refractivity contribution < 1.29 is 39.1 Å². The minimum absolute atomic E-state index is 0.0881. The van der Waals surface area contributed by atoms with Gasteiger partial charge < -0.3 is 34.4 Å². The summed E-state index contributed by atoms with van der Waals surface area (Å²) in [6.07, 6.45) is 6.08. The van der Waals surface area contributed by atoms with Crippen LogP contribution in [0, 0.1) is 0 Å². The van der Waals surface area contributed by atoms with E-state index in [0.29, 0.717) is 19.4 Å². The minimum Gasteiger partial charge on any atom is -0.469 e. The zero-order valence-corrected chi connectivity index (χ0v) is 21.3. The van der Waals surface area contributed by atoms with Crippen molar-refractivity contribution >= 4 is 11.9 Å². The van der Waals surface area contributed by atoms with Gasteiger partial charge >= 0.3 is 5.97 Å². The Morgan fingerprint density at radius 1 is 0.794 bits per heavy atom. The van der Waals surface area contributed by atoms with Crippen LogP contribution < -0.4 is 0 Å². The van der Waals surface area contributed by atoms with Gasteiger partial charge in [-0.3, -0.25) is 9.59 Å². The Balaban J connectivity index is 2.57. The summed E-state index contributed by atoms with van der Waals surface area (Å²) in [5.74, 6) is -0.384. The van der Waals surface area contributed by atoms with E-state index in [0.717, 1.165) is 19.3 Å². The summed E-state index contributed by atoms with van der Waals surface area (Å²) in [7, 11) is 2.69. The Kier molecular flexibility index (Phi) is 16.4. The molecule has 0 unspecified atom stereocenters. The standard InChI is InChI=1S/C25H47NO8/c1-4-5-6-7-8-9-10-11-14-17-26(20(27)15-12-13-16-21(28)32-2)18-19-22(29)23(30)24(31)25(33-3)34-19/h19,22-25,29-31H,4-18H2,1-3H3/t19-,22-,23+,24-,25+/m1/s1. The predicted molar refractivity (Wildman–Crippen MR) is 128 cm³/mol. The summed E-state index contributed by atoms with van der Waals surface area (Å²) in [6, 6.07) is 0. The lowest BCUT2D eigenvalue weighted by Crippen LogP contribution is -2.60. The Labute approximate surface area is 204 Å². The molecule has 3 N–H and O–H groups in total. The number of carbonyl (C=O) groups is 2. The van der Waals surface area contributed by atoms with E-state index in [1.165, 1.54) is 52.7 Å². The molecule has 0 spiro atoms. The molecule has 9 nitrogen and oxygen atoms in total. The number of nitrogens with zero attached hydrogens (tertiary/aromatic N) is 1. The molecule has 1 heterocycles. The highest BCUT2D eigenvalue weighted by molar-refractivity contribution is 5.76. The van der Waals surface area contributed by atoms with Crippen molar-refractivity contribution in [1.82, 2.24) is 4.90 Å². The number of aliphatic hydroxyl groups excluding tert-OH is 3. The highest BCUT2D eigenvalue weighted by atomic mass is 16.7. The fraction of sp³-hybridized carbons (Fsp3) is 0.920. The number of rotatable bonds is 18. The first-order valence-electron chi connectivity index (χ1n) is 12.9. The topological polar surface area (TPSA) is 126 Å². The Morgan fingerprint density at radius 2 is 1.38 bits per heavy atom. The molecule has 0 aromatic rings. The maximum absolute atomic E-state index is 12.9. The smallest absolute Gasteiger partial charge is 0.305 e. The van der Waals surface area contributed by atoms with Crippen molar-refractivity contribution in [2.75, 3.05) is 27.3 Å². The van der Waals surface area contributed by atoms with Crippen LogP contribution in [0.5, 0.6) is 0 Å². The molecule has 0 saturated carbocycles. The molecule has 1 amide bonds. The van der Waals surface area contributed by atoms with Gasteiger partial charge in [0.15, 0.2) is 6.29 Å². The predicted octanol–water partition coefficient (Wildman–Crippen LogP) is 2.53. The van der Waals surface area contributed by atoms with E-state index in [2.05, 4.69) is 11.7 Å². The third-order valence-corrected chi connectivity index (χ3v) is 6.43. The zero-order chi connectivity index (χ0) is 25.3. The van der Waals surface area contributed by atoms with Gasteiger partial charge in [0, 0.05) is 33.0 Å². The van der Waals surface area contributed by atoms with Gasteiger partial charge in [-0.1, -0.05) is 58.3 Å². The van der Waals surface area contributed by atoms with Crippen molar-refractivity contribution in [2.24, 2.45) is 0 Å². The number of hydrogen-bond acceptors (Lipinski definition) is 8. The van der Waals surface area contributed by atoms with Gasteiger partial charge in [-0.25, -0.2) is 0 Å². The second kappa shape index (κ2) is 18.1. The molecular weight excluding hydrogens is 442 g/mol. The lowest BCUT2D eigenvalue weighted by molar-refractivity contribution is -0.291. The van der Waals surface area contributed by atoms with Gasteiger partial charge in [0.2, 0.25) is 5.91 Å². The van der Waals surface area contributed by atoms with Gasteiger partial charge in [0.05, 0.1) is 7.11 Å². The van der Waals surface area contributed by atoms with Gasteiger partial charge in [-0.2, -0.15) is 0 Å². The lowest BCUT2D eigenvalue weighted by Gasteiger charge is -2.41. The summed E-state index contributed by atoms with van der Waals surface area (Å²) in [4.78, 5) is 25.9. The number of ether oxygens (including phenoxy) is 3. The molecule has 0 aliphatic carbocycles. The monoisotopic (exact) mass is 489 g/mol. The van der Waals surface area contributed by atoms with E-state index >= 15 is 0 Å². The summed E-state index contributed by atoms with van der Waals surface area (Å²) < 4.78 is 15.3. The first kappa shape index (κ1) is 30.8. The molecule has 1 aliphatic heterocycles. The van der Waals surface area contributed by atoms with Crippen molar-refractivity contribution in [3.8, 4) is 0 Å². The van der Waals surface area contributed by atoms with E-state index in [-0.39, 0.29) is 31.3 Å². The van der Waals surface area contributed by atoms with Crippen molar-refractivity contribution in [3.63, 3.8) is 0 Å². The molecule has 1 fully saturated rings. The molecule has 0 radical (unpaired) electrons. The summed E-state index contributed by atoms with van der Waals surface area (Å²) in [6.45, 7) is 2.83. The number of hydrogen-bond donors (Lipinski definition) is 3. The number of unbranched alkanes of at least 4 members (excludes halogenated alkanes) is 9. The zero-order valence-electron chi connectivity index (χ0n) is 21.3. The quantitative estimate of drug-likeness (QED) is 0.198. The van der Waals surface area contributed by atoms with Crippen molar-refractivity contribution in [1.29, 1.82) is 0 Å². The average molecular weight is 490 g/mol.